The average molecular weight is 657 g/mol. The Bertz CT molecular complexity index is 2190. The summed E-state index contributed by atoms with van der Waals surface area (Å²) < 4.78 is 2.81. The SMILES string of the molecule is c1ccc(Nc2cccc(N(c3ccccc3)c3cc(N(c4ccccc4)c4ccccc4)c4c(c3)[se]c3ccccc34)c2)cc1. The molecule has 1 aromatic heterocycles. The van der Waals surface area contributed by atoms with E-state index in [0.29, 0.717) is 0 Å². The molecule has 0 atom stereocenters. The number of anilines is 8. The Morgan fingerprint density at radius 3 is 1.54 bits per heavy atom. The van der Waals surface area contributed by atoms with E-state index < -0.39 is 0 Å². The minimum absolute atomic E-state index is 0.175. The van der Waals surface area contributed by atoms with Crippen LogP contribution >= 0.6 is 0 Å². The van der Waals surface area contributed by atoms with Gasteiger partial charge in [0.15, 0.2) is 0 Å². The van der Waals surface area contributed by atoms with Gasteiger partial charge in [0.1, 0.15) is 0 Å². The van der Waals surface area contributed by atoms with E-state index >= 15 is 0 Å². The number of rotatable bonds is 8. The molecule has 0 saturated heterocycles. The van der Waals surface area contributed by atoms with Crippen LogP contribution in [0.1, 0.15) is 0 Å². The third-order valence-electron chi connectivity index (χ3n) is 8.15. The summed E-state index contributed by atoms with van der Waals surface area (Å²) in [6, 6.07) is 64.9. The van der Waals surface area contributed by atoms with Gasteiger partial charge in [0.05, 0.1) is 0 Å². The van der Waals surface area contributed by atoms with Crippen molar-refractivity contribution < 1.29 is 0 Å². The van der Waals surface area contributed by atoms with Gasteiger partial charge in [-0.05, 0) is 0 Å². The van der Waals surface area contributed by atoms with Gasteiger partial charge in [0.2, 0.25) is 0 Å². The van der Waals surface area contributed by atoms with Gasteiger partial charge in [-0.15, -0.1) is 0 Å². The zero-order valence-corrected chi connectivity index (χ0v) is 26.8. The van der Waals surface area contributed by atoms with E-state index in [-0.39, 0.29) is 14.5 Å². The van der Waals surface area contributed by atoms with Gasteiger partial charge in [-0.25, -0.2) is 0 Å². The van der Waals surface area contributed by atoms with Gasteiger partial charge in [0, 0.05) is 0 Å². The van der Waals surface area contributed by atoms with Crippen LogP contribution in [0.5, 0.6) is 0 Å². The summed E-state index contributed by atoms with van der Waals surface area (Å²) in [6.45, 7) is 0. The molecule has 7 aromatic carbocycles. The van der Waals surface area contributed by atoms with Crippen LogP contribution in [0.15, 0.2) is 182 Å². The molecule has 0 bridgehead atoms. The van der Waals surface area contributed by atoms with Crippen molar-refractivity contribution in [2.75, 3.05) is 15.1 Å². The van der Waals surface area contributed by atoms with Crippen molar-refractivity contribution in [1.82, 2.24) is 0 Å². The summed E-state index contributed by atoms with van der Waals surface area (Å²) in [5.74, 6) is 0. The van der Waals surface area contributed by atoms with Crippen molar-refractivity contribution in [3.63, 3.8) is 0 Å². The number of benzene rings is 7. The maximum atomic E-state index is 3.60. The van der Waals surface area contributed by atoms with Gasteiger partial charge in [-0.3, -0.25) is 0 Å². The third kappa shape index (κ3) is 5.46. The monoisotopic (exact) mass is 657 g/mol. The first-order valence-corrected chi connectivity index (χ1v) is 17.2. The molecule has 0 spiro atoms. The van der Waals surface area contributed by atoms with Crippen molar-refractivity contribution in [2.24, 2.45) is 0 Å². The van der Waals surface area contributed by atoms with Gasteiger partial charge in [-0.2, -0.15) is 0 Å². The van der Waals surface area contributed by atoms with E-state index in [4.69, 9.17) is 0 Å². The van der Waals surface area contributed by atoms with Crippen LogP contribution in [0.25, 0.3) is 19.3 Å². The molecule has 0 amide bonds. The quantitative estimate of drug-likeness (QED) is 0.164. The summed E-state index contributed by atoms with van der Waals surface area (Å²) in [5.41, 5.74) is 8.87. The predicted octanol–water partition coefficient (Wildman–Crippen LogP) is 11.7. The Hall–Kier alpha value is -5.54. The molecule has 0 radical (unpaired) electrons. The third-order valence-corrected chi connectivity index (χ3v) is 10.5. The molecule has 220 valence electrons. The van der Waals surface area contributed by atoms with Crippen molar-refractivity contribution in [1.29, 1.82) is 0 Å². The second kappa shape index (κ2) is 12.5. The fourth-order valence-electron chi connectivity index (χ4n) is 6.14. The molecule has 0 saturated carbocycles. The van der Waals surface area contributed by atoms with Crippen molar-refractivity contribution in [2.45, 2.75) is 0 Å². The molecular weight excluding hydrogens is 625 g/mol. The number of hydrogen-bond donors (Lipinski definition) is 1. The second-order valence-electron chi connectivity index (χ2n) is 11.2. The zero-order valence-electron chi connectivity index (χ0n) is 25.1. The Morgan fingerprint density at radius 2 is 0.891 bits per heavy atom. The molecule has 4 heteroatoms. The molecule has 0 aliphatic rings. The topological polar surface area (TPSA) is 18.5 Å². The van der Waals surface area contributed by atoms with Gasteiger partial charge < -0.3 is 0 Å². The van der Waals surface area contributed by atoms with E-state index in [1.165, 1.54) is 25.0 Å². The van der Waals surface area contributed by atoms with Crippen molar-refractivity contribution >= 4 is 79.3 Å². The van der Waals surface area contributed by atoms with Crippen molar-refractivity contribution in [3.8, 4) is 0 Å². The summed E-state index contributed by atoms with van der Waals surface area (Å²) in [4.78, 5) is 4.80. The molecule has 0 fully saturated rings. The van der Waals surface area contributed by atoms with Crippen LogP contribution in [0.2, 0.25) is 0 Å². The van der Waals surface area contributed by atoms with E-state index in [0.717, 1.165) is 39.8 Å². The van der Waals surface area contributed by atoms with Crippen LogP contribution < -0.4 is 15.1 Å². The predicted molar refractivity (Wildman–Crippen MR) is 197 cm³/mol. The van der Waals surface area contributed by atoms with Crippen LogP contribution in [0.3, 0.4) is 0 Å². The first kappa shape index (κ1) is 28.0. The maximum absolute atomic E-state index is 3.60. The molecule has 8 aromatic rings. The van der Waals surface area contributed by atoms with Crippen LogP contribution in [-0.2, 0) is 0 Å². The number of nitrogens with one attached hydrogen (secondary N) is 1. The molecule has 0 aliphatic heterocycles. The molecule has 1 N–H and O–H groups in total. The van der Waals surface area contributed by atoms with Gasteiger partial charge in [0.25, 0.3) is 0 Å². The molecular formula is C42H31N3Se. The summed E-state index contributed by atoms with van der Waals surface area (Å²) in [6.07, 6.45) is 0. The minimum atomic E-state index is 0.175. The zero-order chi connectivity index (χ0) is 30.7. The second-order valence-corrected chi connectivity index (χ2v) is 13.4. The number of hydrogen-bond acceptors (Lipinski definition) is 3. The van der Waals surface area contributed by atoms with Gasteiger partial charge >= 0.3 is 276 Å². The number of nitrogens with zero attached hydrogens (tertiary/aromatic N) is 2. The molecule has 0 unspecified atom stereocenters. The first-order valence-electron chi connectivity index (χ1n) is 15.4. The molecule has 0 aliphatic carbocycles. The average Bonchev–Trinajstić information content (AvgIpc) is 3.49. The van der Waals surface area contributed by atoms with Gasteiger partial charge in [-0.1, -0.05) is 0 Å². The molecule has 3 nitrogen and oxygen atoms in total. The van der Waals surface area contributed by atoms with E-state index in [2.05, 4.69) is 191 Å². The standard InChI is InChI=1S/C42H31N3Se/c1-5-16-31(17-6-1)43-32-18-15-25-36(28-32)44(33-19-7-2-8-20-33)37-29-39(42-38-26-13-14-27-40(38)46-41(42)30-37)45(34-21-9-3-10-22-34)35-23-11-4-12-24-35/h1-30,43H. The van der Waals surface area contributed by atoms with Crippen LogP contribution in [-0.4, -0.2) is 14.5 Å². The normalized spacial score (nSPS) is 11.0. The Morgan fingerprint density at radius 1 is 0.370 bits per heavy atom. The van der Waals surface area contributed by atoms with E-state index in [9.17, 15) is 0 Å². The van der Waals surface area contributed by atoms with E-state index in [1.54, 1.807) is 0 Å². The summed E-state index contributed by atoms with van der Waals surface area (Å²) in [5, 5.41) is 6.25. The number of para-hydroxylation sites is 4. The fourth-order valence-corrected chi connectivity index (χ4v) is 8.57. The van der Waals surface area contributed by atoms with Crippen LogP contribution in [0, 0.1) is 0 Å². The Labute approximate surface area is 275 Å². The molecule has 1 heterocycles. The first-order chi connectivity index (χ1) is 22.8. The summed E-state index contributed by atoms with van der Waals surface area (Å²) in [7, 11) is 0. The fraction of sp³-hybridized carbons (Fsp3) is 0. The molecule has 46 heavy (non-hydrogen) atoms. The Balaban J connectivity index is 1.38. The number of fused-ring (bicyclic) bond motifs is 3. The summed E-state index contributed by atoms with van der Waals surface area (Å²) >= 11 is 0.175. The Kier molecular flexibility index (Phi) is 7.57. The van der Waals surface area contributed by atoms with E-state index in [1.807, 2.05) is 6.07 Å². The van der Waals surface area contributed by atoms with Crippen LogP contribution in [0.4, 0.5) is 45.5 Å². The molecule has 8 rings (SSSR count). The van der Waals surface area contributed by atoms with Crippen molar-refractivity contribution in [3.05, 3.63) is 182 Å².